The molecule has 1 saturated heterocycles. The normalized spacial score (nSPS) is 39.0. The molecule has 1 aliphatic heterocycles. The molecule has 66 valence electrons. The van der Waals surface area contributed by atoms with Crippen LogP contribution in [-0.4, -0.2) is 30.7 Å². The van der Waals surface area contributed by atoms with Crippen LogP contribution in [0, 0.1) is 5.92 Å². The van der Waals surface area contributed by atoms with Gasteiger partial charge in [-0.3, -0.25) is 0 Å². The lowest BCUT2D eigenvalue weighted by Crippen LogP contribution is -2.44. The molecule has 0 atom stereocenters. The zero-order valence-electron chi connectivity index (χ0n) is 7.17. The predicted octanol–water partition coefficient (Wildman–Crippen LogP) is 0.768. The number of hydrogen-bond acceptors (Lipinski definition) is 3. The molecule has 3 heteroatoms. The molecule has 0 bridgehead atoms. The van der Waals surface area contributed by atoms with E-state index in [0.29, 0.717) is 19.1 Å². The molecule has 1 N–H and O–H groups in total. The van der Waals surface area contributed by atoms with E-state index in [-0.39, 0.29) is 6.61 Å². The van der Waals surface area contributed by atoms with E-state index in [0.717, 1.165) is 6.42 Å². The Morgan fingerprint density at radius 1 is 1.45 bits per heavy atom. The highest BCUT2D eigenvalue weighted by molar-refractivity contribution is 4.69. The van der Waals surface area contributed by atoms with Crippen LogP contribution >= 0.6 is 0 Å². The Morgan fingerprint density at radius 3 is 2.36 bits per heavy atom. The van der Waals surface area contributed by atoms with Gasteiger partial charge < -0.3 is 14.6 Å². The fraction of sp³-hybridized carbons (Fsp3) is 1.00. The third-order valence-electron chi connectivity index (χ3n) is 2.11. The first kappa shape index (κ1) is 8.97. The van der Waals surface area contributed by atoms with E-state index in [4.69, 9.17) is 14.6 Å². The third kappa shape index (κ3) is 2.15. The van der Waals surface area contributed by atoms with Crippen LogP contribution in [0.5, 0.6) is 0 Å². The van der Waals surface area contributed by atoms with Crippen LogP contribution in [0.25, 0.3) is 0 Å². The van der Waals surface area contributed by atoms with Gasteiger partial charge >= 0.3 is 0 Å². The highest BCUT2D eigenvalue weighted by Gasteiger charge is 2.31. The van der Waals surface area contributed by atoms with Gasteiger partial charge in [-0.05, 0) is 13.3 Å². The van der Waals surface area contributed by atoms with Gasteiger partial charge in [0.2, 0.25) is 0 Å². The molecule has 0 aliphatic carbocycles. The summed E-state index contributed by atoms with van der Waals surface area (Å²) in [6.45, 7) is 5.21. The fourth-order valence-corrected chi connectivity index (χ4v) is 1.01. The zero-order valence-corrected chi connectivity index (χ0v) is 7.17. The van der Waals surface area contributed by atoms with E-state index < -0.39 is 5.79 Å². The van der Waals surface area contributed by atoms with Crippen LogP contribution < -0.4 is 0 Å². The molecule has 1 heterocycles. The lowest BCUT2D eigenvalue weighted by molar-refractivity contribution is -0.286. The van der Waals surface area contributed by atoms with Crippen molar-refractivity contribution in [1.29, 1.82) is 0 Å². The molecule has 0 unspecified atom stereocenters. The minimum Gasteiger partial charge on any atom is -0.391 e. The van der Waals surface area contributed by atoms with Crippen molar-refractivity contribution in [3.05, 3.63) is 0 Å². The molecule has 0 spiro atoms. The largest absolute Gasteiger partial charge is 0.391 e. The van der Waals surface area contributed by atoms with E-state index in [1.807, 2.05) is 0 Å². The number of aliphatic hydroxyl groups excluding tert-OH is 1. The van der Waals surface area contributed by atoms with Crippen molar-refractivity contribution in [3.8, 4) is 0 Å². The van der Waals surface area contributed by atoms with E-state index in [1.54, 1.807) is 6.92 Å². The van der Waals surface area contributed by atoms with Crippen LogP contribution in [0.15, 0.2) is 0 Å². The third-order valence-corrected chi connectivity index (χ3v) is 2.11. The smallest absolute Gasteiger partial charge is 0.188 e. The maximum Gasteiger partial charge on any atom is 0.188 e. The Balaban J connectivity index is 2.35. The second-order valence-electron chi connectivity index (χ2n) is 3.19. The summed E-state index contributed by atoms with van der Waals surface area (Å²) in [5, 5.41) is 8.86. The van der Waals surface area contributed by atoms with Crippen LogP contribution in [-0.2, 0) is 9.47 Å². The van der Waals surface area contributed by atoms with Crippen molar-refractivity contribution in [2.24, 2.45) is 5.92 Å². The number of ether oxygens (including phenoxy) is 2. The average molecular weight is 160 g/mol. The molecule has 0 amide bonds. The second-order valence-corrected chi connectivity index (χ2v) is 3.19. The van der Waals surface area contributed by atoms with E-state index in [9.17, 15) is 0 Å². The number of hydrogen-bond donors (Lipinski definition) is 1. The minimum atomic E-state index is -0.744. The Bertz CT molecular complexity index is 117. The van der Waals surface area contributed by atoms with E-state index in [1.165, 1.54) is 0 Å². The molecule has 0 aromatic rings. The highest BCUT2D eigenvalue weighted by atomic mass is 16.7. The topological polar surface area (TPSA) is 38.7 Å². The van der Waals surface area contributed by atoms with Crippen LogP contribution in [0.2, 0.25) is 0 Å². The number of rotatable bonds is 2. The molecule has 0 radical (unpaired) electrons. The molecule has 1 fully saturated rings. The molecule has 3 nitrogen and oxygen atoms in total. The van der Waals surface area contributed by atoms with Crippen molar-refractivity contribution in [2.75, 3.05) is 19.8 Å². The van der Waals surface area contributed by atoms with Gasteiger partial charge in [0.05, 0.1) is 19.8 Å². The molecule has 11 heavy (non-hydrogen) atoms. The molecule has 0 saturated carbocycles. The lowest BCUT2D eigenvalue weighted by atomic mass is 10.1. The summed E-state index contributed by atoms with van der Waals surface area (Å²) < 4.78 is 10.7. The van der Waals surface area contributed by atoms with Gasteiger partial charge in [-0.2, -0.15) is 0 Å². The zero-order chi connectivity index (χ0) is 8.32. The SMILES string of the molecule is CCC1COC(C)(CO)OC1. The van der Waals surface area contributed by atoms with Crippen LogP contribution in [0.3, 0.4) is 0 Å². The summed E-state index contributed by atoms with van der Waals surface area (Å²) in [5.41, 5.74) is 0. The fourth-order valence-electron chi connectivity index (χ4n) is 1.01. The molecular formula is C8H16O3. The number of aliphatic hydroxyl groups is 1. The van der Waals surface area contributed by atoms with Crippen molar-refractivity contribution in [3.63, 3.8) is 0 Å². The van der Waals surface area contributed by atoms with Gasteiger partial charge in [0, 0.05) is 5.92 Å². The summed E-state index contributed by atoms with van der Waals surface area (Å²) in [6, 6.07) is 0. The van der Waals surface area contributed by atoms with Gasteiger partial charge in [-0.25, -0.2) is 0 Å². The van der Waals surface area contributed by atoms with Gasteiger partial charge in [0.25, 0.3) is 0 Å². The average Bonchev–Trinajstić information content (AvgIpc) is 2.06. The second kappa shape index (κ2) is 3.52. The Labute approximate surface area is 67.3 Å². The first-order chi connectivity index (χ1) is 5.20. The molecule has 0 aromatic heterocycles. The summed E-state index contributed by atoms with van der Waals surface area (Å²) >= 11 is 0. The van der Waals surface area contributed by atoms with Crippen molar-refractivity contribution in [2.45, 2.75) is 26.1 Å². The van der Waals surface area contributed by atoms with Crippen molar-refractivity contribution < 1.29 is 14.6 Å². The van der Waals surface area contributed by atoms with E-state index in [2.05, 4.69) is 6.92 Å². The van der Waals surface area contributed by atoms with Crippen LogP contribution in [0.4, 0.5) is 0 Å². The monoisotopic (exact) mass is 160 g/mol. The Morgan fingerprint density at radius 2 is 2.00 bits per heavy atom. The summed E-state index contributed by atoms with van der Waals surface area (Å²) in [6.07, 6.45) is 1.07. The maximum atomic E-state index is 8.86. The quantitative estimate of drug-likeness (QED) is 0.648. The molecule has 1 aliphatic rings. The summed E-state index contributed by atoms with van der Waals surface area (Å²) in [7, 11) is 0. The standard InChI is InChI=1S/C8H16O3/c1-3-7-4-10-8(2,6-9)11-5-7/h7,9H,3-6H2,1-2H3. The van der Waals surface area contributed by atoms with Gasteiger partial charge in [0.15, 0.2) is 5.79 Å². The molecule has 1 rings (SSSR count). The first-order valence-corrected chi connectivity index (χ1v) is 4.09. The lowest BCUT2D eigenvalue weighted by Gasteiger charge is -2.35. The minimum absolute atomic E-state index is 0.0660. The highest BCUT2D eigenvalue weighted by Crippen LogP contribution is 2.21. The Kier molecular flexibility index (Phi) is 2.87. The van der Waals surface area contributed by atoms with E-state index >= 15 is 0 Å². The maximum absolute atomic E-state index is 8.86. The predicted molar refractivity (Wildman–Crippen MR) is 41.2 cm³/mol. The first-order valence-electron chi connectivity index (χ1n) is 4.09. The van der Waals surface area contributed by atoms with Gasteiger partial charge in [-0.15, -0.1) is 0 Å². The van der Waals surface area contributed by atoms with Crippen molar-refractivity contribution >= 4 is 0 Å². The van der Waals surface area contributed by atoms with Gasteiger partial charge in [0.1, 0.15) is 0 Å². The Hall–Kier alpha value is -0.120. The molecule has 0 aromatic carbocycles. The van der Waals surface area contributed by atoms with Gasteiger partial charge in [-0.1, -0.05) is 6.92 Å². The summed E-state index contributed by atoms with van der Waals surface area (Å²) in [5.74, 6) is -0.249. The van der Waals surface area contributed by atoms with Crippen molar-refractivity contribution in [1.82, 2.24) is 0 Å². The molecular weight excluding hydrogens is 144 g/mol. The van der Waals surface area contributed by atoms with Crippen LogP contribution in [0.1, 0.15) is 20.3 Å². The summed E-state index contributed by atoms with van der Waals surface area (Å²) in [4.78, 5) is 0.